The molecule has 0 rings (SSSR count). The van der Waals surface area contributed by atoms with E-state index in [4.69, 9.17) is 19.0 Å². The van der Waals surface area contributed by atoms with Gasteiger partial charge in [-0.05, 0) is 38.4 Å². The molecule has 0 heterocycles. The van der Waals surface area contributed by atoms with Crippen molar-refractivity contribution < 1.29 is 19.0 Å². The average molecular weight is 391 g/mol. The van der Waals surface area contributed by atoms with Crippen molar-refractivity contribution in [1.29, 1.82) is 0 Å². The Hall–Kier alpha value is -0.120. The maximum absolute atomic E-state index is 8.94. The van der Waals surface area contributed by atoms with Crippen LogP contribution < -0.4 is 0 Å². The predicted molar refractivity (Wildman–Crippen MR) is 115 cm³/mol. The molecule has 0 aliphatic carbocycles. The Balaban J connectivity index is 3.11. The smallest absolute Gasteiger partial charge is 0.245 e. The van der Waals surface area contributed by atoms with Crippen LogP contribution in [0.2, 0.25) is 0 Å². The first-order valence-electron chi connectivity index (χ1n) is 10.6. The van der Waals surface area contributed by atoms with Crippen LogP contribution in [-0.2, 0) is 9.26 Å². The molecule has 0 atom stereocenters. The summed E-state index contributed by atoms with van der Waals surface area (Å²) in [6.07, 6.45) is 26.1. The summed E-state index contributed by atoms with van der Waals surface area (Å²) in [4.78, 5) is 17.9. The molecule has 0 radical (unpaired) electrons. The van der Waals surface area contributed by atoms with E-state index in [1.54, 1.807) is 0 Å². The first-order chi connectivity index (χ1) is 12.6. The Morgan fingerprint density at radius 1 is 0.692 bits per heavy atom. The minimum atomic E-state index is -3.34. The molecular weight excluding hydrogens is 347 g/mol. The monoisotopic (exact) mass is 390 g/mol. The topological polar surface area (TPSA) is 58.9 Å². The molecule has 0 aliphatic heterocycles. The fraction of sp³-hybridized carbons (Fsp3) is 0.857. The molecule has 0 aromatic carbocycles. The lowest BCUT2D eigenvalue weighted by Gasteiger charge is -2.10. The van der Waals surface area contributed by atoms with Crippen LogP contribution in [0.3, 0.4) is 0 Å². The molecule has 0 amide bonds. The lowest BCUT2D eigenvalue weighted by atomic mass is 10.1. The Kier molecular flexibility index (Phi) is 19.5. The van der Waals surface area contributed by atoms with Crippen molar-refractivity contribution in [3.05, 3.63) is 12.2 Å². The predicted octanol–water partition coefficient (Wildman–Crippen LogP) is 6.24. The highest BCUT2D eigenvalue weighted by Gasteiger charge is 2.02. The molecule has 0 bridgehead atoms. The number of rotatable bonds is 20. The lowest BCUT2D eigenvalue weighted by Crippen LogP contribution is -2.04. The molecule has 4 nitrogen and oxygen atoms in total. The summed E-state index contributed by atoms with van der Waals surface area (Å²) in [6.45, 7) is 3.56. The van der Waals surface area contributed by atoms with Crippen molar-refractivity contribution in [3.63, 3.8) is 0 Å². The van der Waals surface area contributed by atoms with E-state index in [2.05, 4.69) is 25.4 Å². The van der Waals surface area contributed by atoms with Crippen LogP contribution in [0.1, 0.15) is 96.8 Å². The molecule has 0 saturated carbocycles. The largest absolute Gasteiger partial charge is 0.379 e. The quantitative estimate of drug-likeness (QED) is 0.147. The second-order valence-corrected chi connectivity index (χ2v) is 8.64. The van der Waals surface area contributed by atoms with Gasteiger partial charge in [0.1, 0.15) is 0 Å². The Morgan fingerprint density at radius 3 is 1.73 bits per heavy atom. The van der Waals surface area contributed by atoms with Crippen molar-refractivity contribution in [2.24, 2.45) is 0 Å². The van der Waals surface area contributed by atoms with Gasteiger partial charge in [0.05, 0.1) is 13.2 Å². The number of ether oxygens (including phenoxy) is 1. The highest BCUT2D eigenvalue weighted by Crippen LogP contribution is 2.34. The summed E-state index contributed by atoms with van der Waals surface area (Å²) in [5.41, 5.74) is 0. The molecule has 0 fully saturated rings. The minimum Gasteiger partial charge on any atom is -0.379 e. The van der Waals surface area contributed by atoms with Crippen LogP contribution in [0.5, 0.6) is 0 Å². The summed E-state index contributed by atoms with van der Waals surface area (Å²) in [6, 6.07) is 0. The van der Waals surface area contributed by atoms with Crippen molar-refractivity contribution in [2.45, 2.75) is 96.8 Å². The number of allylic oxidation sites excluding steroid dienone is 2. The SMILES string of the molecule is C=P(O)(O)OCCOCCCCCCCC/C=C\CCCCCCCC. The summed E-state index contributed by atoms with van der Waals surface area (Å²) in [7, 11) is -3.34. The van der Waals surface area contributed by atoms with Crippen molar-refractivity contribution in [3.8, 4) is 0 Å². The highest BCUT2D eigenvalue weighted by atomic mass is 31.2. The lowest BCUT2D eigenvalue weighted by molar-refractivity contribution is 0.0912. The van der Waals surface area contributed by atoms with Gasteiger partial charge in [0.25, 0.3) is 0 Å². The summed E-state index contributed by atoms with van der Waals surface area (Å²) in [5, 5.41) is 0. The van der Waals surface area contributed by atoms with Crippen LogP contribution in [0.4, 0.5) is 0 Å². The van der Waals surface area contributed by atoms with E-state index in [9.17, 15) is 0 Å². The van der Waals surface area contributed by atoms with E-state index in [1.807, 2.05) is 0 Å². The van der Waals surface area contributed by atoms with Gasteiger partial charge in [-0.1, -0.05) is 76.9 Å². The van der Waals surface area contributed by atoms with Crippen molar-refractivity contribution in [2.75, 3.05) is 19.8 Å². The van der Waals surface area contributed by atoms with E-state index in [-0.39, 0.29) is 6.61 Å². The average Bonchev–Trinajstić information content (AvgIpc) is 2.59. The number of unbranched alkanes of at least 4 members (excludes halogenated alkanes) is 12. The second kappa shape index (κ2) is 19.6. The van der Waals surface area contributed by atoms with E-state index < -0.39 is 7.57 Å². The Bertz CT molecular complexity index is 352. The van der Waals surface area contributed by atoms with Crippen LogP contribution >= 0.6 is 7.57 Å². The minimum absolute atomic E-state index is 0.191. The van der Waals surface area contributed by atoms with Gasteiger partial charge in [-0.15, -0.1) is 0 Å². The first-order valence-corrected chi connectivity index (χ1v) is 12.4. The van der Waals surface area contributed by atoms with Gasteiger partial charge in [0, 0.05) is 6.61 Å². The Morgan fingerprint density at radius 2 is 1.19 bits per heavy atom. The molecule has 0 aromatic heterocycles. The Labute approximate surface area is 162 Å². The third-order valence-electron chi connectivity index (χ3n) is 4.33. The van der Waals surface area contributed by atoms with Crippen LogP contribution in [0, 0.1) is 0 Å². The van der Waals surface area contributed by atoms with Crippen molar-refractivity contribution >= 4 is 13.9 Å². The fourth-order valence-corrected chi connectivity index (χ4v) is 3.16. The number of hydrogen-bond donors (Lipinski definition) is 2. The van der Waals surface area contributed by atoms with Gasteiger partial charge in [-0.2, -0.15) is 0 Å². The van der Waals surface area contributed by atoms with Crippen LogP contribution in [-0.4, -0.2) is 35.9 Å². The molecule has 26 heavy (non-hydrogen) atoms. The molecule has 0 spiro atoms. The molecule has 0 unspecified atom stereocenters. The standard InChI is InChI=1S/C21H43O4P/c1-3-4-5-6-7-8-9-10-11-12-13-14-15-16-17-18-19-24-20-21-25-26(2,22)23/h10-11,22-23H,2-9,12-21H2,1H3/b11-10-. The van der Waals surface area contributed by atoms with Gasteiger partial charge >= 0.3 is 0 Å². The van der Waals surface area contributed by atoms with Crippen molar-refractivity contribution in [1.82, 2.24) is 0 Å². The molecular formula is C21H43O4P. The molecule has 0 aliphatic rings. The zero-order valence-corrected chi connectivity index (χ0v) is 17.9. The van der Waals surface area contributed by atoms with Gasteiger partial charge in [-0.25, -0.2) is 0 Å². The van der Waals surface area contributed by atoms with E-state index in [0.29, 0.717) is 13.2 Å². The molecule has 5 heteroatoms. The van der Waals surface area contributed by atoms with Gasteiger partial charge in [0.2, 0.25) is 7.57 Å². The normalized spacial score (nSPS) is 12.3. The molecule has 0 saturated heterocycles. The van der Waals surface area contributed by atoms with Gasteiger partial charge in [0.15, 0.2) is 0 Å². The fourth-order valence-electron chi connectivity index (χ4n) is 2.80. The first kappa shape index (κ1) is 25.9. The van der Waals surface area contributed by atoms with E-state index in [0.717, 1.165) is 6.42 Å². The van der Waals surface area contributed by atoms with E-state index >= 15 is 0 Å². The third-order valence-corrected chi connectivity index (χ3v) is 4.92. The zero-order valence-electron chi connectivity index (χ0n) is 17.0. The molecule has 156 valence electrons. The highest BCUT2D eigenvalue weighted by molar-refractivity contribution is 7.57. The molecule has 2 N–H and O–H groups in total. The zero-order chi connectivity index (χ0) is 19.3. The third kappa shape index (κ3) is 23.9. The van der Waals surface area contributed by atoms with Crippen LogP contribution in [0.25, 0.3) is 0 Å². The maximum atomic E-state index is 8.94. The van der Waals surface area contributed by atoms with Gasteiger partial charge < -0.3 is 19.0 Å². The summed E-state index contributed by atoms with van der Waals surface area (Å²) >= 11 is 0. The van der Waals surface area contributed by atoms with Gasteiger partial charge in [-0.3, -0.25) is 0 Å². The number of hydrogen-bond acceptors (Lipinski definition) is 4. The van der Waals surface area contributed by atoms with E-state index in [1.165, 1.54) is 83.5 Å². The van der Waals surface area contributed by atoms with Crippen LogP contribution in [0.15, 0.2) is 12.2 Å². The second-order valence-electron chi connectivity index (χ2n) is 7.05. The summed E-state index contributed by atoms with van der Waals surface area (Å²) < 4.78 is 10.1. The summed E-state index contributed by atoms with van der Waals surface area (Å²) in [5.74, 6) is 0. The maximum Gasteiger partial charge on any atom is 0.245 e. The molecule has 0 aromatic rings.